The van der Waals surface area contributed by atoms with E-state index in [1.54, 1.807) is 0 Å². The molecule has 2 heterocycles. The van der Waals surface area contributed by atoms with Crippen LogP contribution in [0, 0.1) is 0 Å². The molecule has 0 aliphatic carbocycles. The maximum Gasteiger partial charge on any atom is 0.0467 e. The molecule has 2 aromatic heterocycles. The Balaban J connectivity index is 1.10. The lowest BCUT2D eigenvalue weighted by Gasteiger charge is -2.27. The van der Waals surface area contributed by atoms with Crippen molar-refractivity contribution in [2.45, 2.75) is 0 Å². The van der Waals surface area contributed by atoms with Crippen LogP contribution in [-0.2, 0) is 0 Å². The SMILES string of the molecule is c1ccc(-c2ccc(N(c3cccc(-c4ccc5sc6ccccc6c5c4)c3)c3cccc(-c4ccc5sc6ccccc6c5c4)c3)cc2)cc1. The van der Waals surface area contributed by atoms with Gasteiger partial charge in [0.25, 0.3) is 0 Å². The summed E-state index contributed by atoms with van der Waals surface area (Å²) in [4.78, 5) is 2.39. The third-order valence-electron chi connectivity index (χ3n) is 9.86. The maximum atomic E-state index is 2.39. The lowest BCUT2D eigenvalue weighted by molar-refractivity contribution is 1.28. The zero-order chi connectivity index (χ0) is 33.7. The first-order valence-corrected chi connectivity index (χ1v) is 18.9. The van der Waals surface area contributed by atoms with Crippen molar-refractivity contribution < 1.29 is 0 Å². The second-order valence-corrected chi connectivity index (χ2v) is 15.1. The van der Waals surface area contributed by atoms with Gasteiger partial charge in [0.15, 0.2) is 0 Å². The molecule has 10 rings (SSSR count). The van der Waals surface area contributed by atoms with Crippen molar-refractivity contribution >= 4 is 80.1 Å². The first kappa shape index (κ1) is 29.9. The lowest BCUT2D eigenvalue weighted by Crippen LogP contribution is -2.10. The highest BCUT2D eigenvalue weighted by Gasteiger charge is 2.16. The Morgan fingerprint density at radius 2 is 0.667 bits per heavy atom. The Bertz CT molecular complexity index is 2700. The maximum absolute atomic E-state index is 2.39. The zero-order valence-corrected chi connectivity index (χ0v) is 29.3. The Morgan fingerprint density at radius 3 is 1.22 bits per heavy atom. The molecule has 0 spiro atoms. The van der Waals surface area contributed by atoms with E-state index in [2.05, 4.69) is 193 Å². The van der Waals surface area contributed by atoms with E-state index in [0.29, 0.717) is 0 Å². The molecule has 0 fully saturated rings. The summed E-state index contributed by atoms with van der Waals surface area (Å²) in [6.45, 7) is 0. The van der Waals surface area contributed by atoms with Gasteiger partial charge in [-0.3, -0.25) is 0 Å². The Labute approximate surface area is 304 Å². The van der Waals surface area contributed by atoms with Gasteiger partial charge in [-0.25, -0.2) is 0 Å². The van der Waals surface area contributed by atoms with Gasteiger partial charge in [-0.2, -0.15) is 0 Å². The predicted molar refractivity (Wildman–Crippen MR) is 223 cm³/mol. The fourth-order valence-corrected chi connectivity index (χ4v) is 9.51. The van der Waals surface area contributed by atoms with E-state index in [1.165, 1.54) is 73.7 Å². The van der Waals surface area contributed by atoms with Crippen LogP contribution in [0.5, 0.6) is 0 Å². The summed E-state index contributed by atoms with van der Waals surface area (Å²) in [5.41, 5.74) is 10.6. The van der Waals surface area contributed by atoms with E-state index >= 15 is 0 Å². The summed E-state index contributed by atoms with van der Waals surface area (Å²) >= 11 is 3.72. The number of hydrogen-bond donors (Lipinski definition) is 0. The average molecular weight is 686 g/mol. The molecule has 0 amide bonds. The van der Waals surface area contributed by atoms with Crippen molar-refractivity contribution in [3.8, 4) is 33.4 Å². The fourth-order valence-electron chi connectivity index (χ4n) is 7.34. The molecule has 8 aromatic carbocycles. The summed E-state index contributed by atoms with van der Waals surface area (Å²) in [5, 5.41) is 5.27. The van der Waals surface area contributed by atoms with Crippen LogP contribution in [0.1, 0.15) is 0 Å². The molecule has 0 unspecified atom stereocenters. The molecule has 0 bridgehead atoms. The molecule has 51 heavy (non-hydrogen) atoms. The lowest BCUT2D eigenvalue weighted by atomic mass is 10.00. The highest BCUT2D eigenvalue weighted by atomic mass is 32.1. The van der Waals surface area contributed by atoms with Crippen molar-refractivity contribution in [3.63, 3.8) is 0 Å². The Hall–Kier alpha value is -6.00. The number of benzene rings is 8. The molecular weight excluding hydrogens is 655 g/mol. The molecule has 0 N–H and O–H groups in total. The quantitative estimate of drug-likeness (QED) is 0.168. The smallest absolute Gasteiger partial charge is 0.0467 e. The number of nitrogens with zero attached hydrogens (tertiary/aromatic N) is 1. The van der Waals surface area contributed by atoms with E-state index in [4.69, 9.17) is 0 Å². The molecule has 0 aliphatic rings. The number of rotatable bonds is 6. The molecule has 3 heteroatoms. The zero-order valence-electron chi connectivity index (χ0n) is 27.7. The van der Waals surface area contributed by atoms with Crippen LogP contribution in [0.15, 0.2) is 188 Å². The topological polar surface area (TPSA) is 3.24 Å². The molecule has 10 aromatic rings. The first-order chi connectivity index (χ1) is 25.2. The highest BCUT2D eigenvalue weighted by Crippen LogP contribution is 2.42. The molecule has 0 aliphatic heterocycles. The van der Waals surface area contributed by atoms with Gasteiger partial charge >= 0.3 is 0 Å². The number of fused-ring (bicyclic) bond motifs is 6. The highest BCUT2D eigenvalue weighted by molar-refractivity contribution is 7.26. The van der Waals surface area contributed by atoms with E-state index in [-0.39, 0.29) is 0 Å². The van der Waals surface area contributed by atoms with Gasteiger partial charge in [0.05, 0.1) is 0 Å². The van der Waals surface area contributed by atoms with Crippen LogP contribution in [0.4, 0.5) is 17.1 Å². The second kappa shape index (κ2) is 12.4. The summed E-state index contributed by atoms with van der Waals surface area (Å²) in [5.74, 6) is 0. The molecule has 0 radical (unpaired) electrons. The van der Waals surface area contributed by atoms with Crippen molar-refractivity contribution in [2.75, 3.05) is 4.90 Å². The summed E-state index contributed by atoms with van der Waals surface area (Å²) in [6.07, 6.45) is 0. The third kappa shape index (κ3) is 5.39. The standard InChI is InChI=1S/C48H31NS2/c1-2-10-32(11-3-1)33-20-24-38(25-21-33)49(39-14-8-12-34(28-39)36-22-26-47-43(30-36)41-16-4-6-18-45(41)50-47)40-15-9-13-35(29-40)37-23-27-48-44(31-37)42-17-5-7-19-46(42)51-48/h1-31H. The van der Waals surface area contributed by atoms with Gasteiger partial charge in [-0.05, 0) is 106 Å². The normalized spacial score (nSPS) is 11.5. The molecule has 0 saturated heterocycles. The molecule has 1 nitrogen and oxygen atoms in total. The van der Waals surface area contributed by atoms with E-state index in [0.717, 1.165) is 17.1 Å². The van der Waals surface area contributed by atoms with Gasteiger partial charge in [0, 0.05) is 57.4 Å². The van der Waals surface area contributed by atoms with Crippen LogP contribution in [-0.4, -0.2) is 0 Å². The van der Waals surface area contributed by atoms with Gasteiger partial charge in [-0.15, -0.1) is 22.7 Å². The van der Waals surface area contributed by atoms with E-state index in [9.17, 15) is 0 Å². The van der Waals surface area contributed by atoms with Crippen LogP contribution >= 0.6 is 22.7 Å². The predicted octanol–water partition coefficient (Wildman–Crippen LogP) is 14.9. The first-order valence-electron chi connectivity index (χ1n) is 17.2. The Kier molecular flexibility index (Phi) is 7.26. The fraction of sp³-hybridized carbons (Fsp3) is 0. The van der Waals surface area contributed by atoms with Crippen molar-refractivity contribution in [1.29, 1.82) is 0 Å². The van der Waals surface area contributed by atoms with Gasteiger partial charge in [0.2, 0.25) is 0 Å². The number of thiophene rings is 2. The van der Waals surface area contributed by atoms with Crippen LogP contribution in [0.25, 0.3) is 73.7 Å². The third-order valence-corrected chi connectivity index (χ3v) is 12.2. The molecule has 240 valence electrons. The van der Waals surface area contributed by atoms with Crippen molar-refractivity contribution in [1.82, 2.24) is 0 Å². The monoisotopic (exact) mass is 685 g/mol. The van der Waals surface area contributed by atoms with Crippen molar-refractivity contribution in [2.24, 2.45) is 0 Å². The average Bonchev–Trinajstić information content (AvgIpc) is 3.77. The molecule has 0 saturated carbocycles. The van der Waals surface area contributed by atoms with Crippen LogP contribution in [0.3, 0.4) is 0 Å². The minimum Gasteiger partial charge on any atom is -0.310 e. The number of anilines is 3. The summed E-state index contributed by atoms with van der Waals surface area (Å²) < 4.78 is 5.30. The Morgan fingerprint density at radius 1 is 0.255 bits per heavy atom. The van der Waals surface area contributed by atoms with Crippen molar-refractivity contribution in [3.05, 3.63) is 188 Å². The van der Waals surface area contributed by atoms with Gasteiger partial charge in [0.1, 0.15) is 0 Å². The van der Waals surface area contributed by atoms with Gasteiger partial charge < -0.3 is 4.90 Å². The van der Waals surface area contributed by atoms with Crippen LogP contribution < -0.4 is 4.90 Å². The summed E-state index contributed by atoms with van der Waals surface area (Å²) in [7, 11) is 0. The molecular formula is C48H31NS2. The van der Waals surface area contributed by atoms with Gasteiger partial charge in [-0.1, -0.05) is 115 Å². The second-order valence-electron chi connectivity index (χ2n) is 13.0. The number of hydrogen-bond acceptors (Lipinski definition) is 3. The van der Waals surface area contributed by atoms with E-state index in [1.807, 2.05) is 22.7 Å². The van der Waals surface area contributed by atoms with Crippen LogP contribution in [0.2, 0.25) is 0 Å². The minimum atomic E-state index is 1.11. The minimum absolute atomic E-state index is 1.11. The molecule has 0 atom stereocenters. The largest absolute Gasteiger partial charge is 0.310 e. The van der Waals surface area contributed by atoms with E-state index < -0.39 is 0 Å². The summed E-state index contributed by atoms with van der Waals surface area (Å²) in [6, 6.07) is 68.7.